The van der Waals surface area contributed by atoms with Gasteiger partial charge in [-0.1, -0.05) is 76.5 Å². The number of carbonyl (C=O) groups excluding carboxylic acids is 4. The molecule has 1 heterocycles. The van der Waals surface area contributed by atoms with Crippen LogP contribution in [-0.2, 0) is 39.9 Å². The van der Waals surface area contributed by atoms with Crippen LogP contribution in [0.25, 0.3) is 10.4 Å². The van der Waals surface area contributed by atoms with Gasteiger partial charge in [0.2, 0.25) is 23.6 Å². The highest BCUT2D eigenvalue weighted by Crippen LogP contribution is 2.29. The number of likely N-dealkylation sites (N-methyl/N-ethyl adjacent to an activating group) is 2. The summed E-state index contributed by atoms with van der Waals surface area (Å²) in [5, 5.41) is 21.8. The van der Waals surface area contributed by atoms with Gasteiger partial charge in [-0.25, -0.2) is 4.79 Å². The maximum atomic E-state index is 14.1. The van der Waals surface area contributed by atoms with Crippen molar-refractivity contribution in [1.82, 2.24) is 25.8 Å². The Bertz CT molecular complexity index is 1410. The lowest BCUT2D eigenvalue weighted by Gasteiger charge is -2.40. The molecule has 1 aromatic rings. The third-order valence-electron chi connectivity index (χ3n) is 10.4. The Morgan fingerprint density at radius 3 is 2.21 bits per heavy atom. The Morgan fingerprint density at radius 2 is 1.68 bits per heavy atom. The fourth-order valence-corrected chi connectivity index (χ4v) is 7.24. The first kappa shape index (κ1) is 44.9. The Morgan fingerprint density at radius 1 is 1.04 bits per heavy atom. The van der Waals surface area contributed by atoms with Crippen LogP contribution in [0.15, 0.2) is 35.4 Å². The van der Waals surface area contributed by atoms with Crippen molar-refractivity contribution < 1.29 is 38.6 Å². The number of hydrogen-bond acceptors (Lipinski definition) is 9. The maximum Gasteiger partial charge on any atom is 0.326 e. The van der Waals surface area contributed by atoms with Crippen LogP contribution in [0.4, 0.5) is 0 Å². The number of hydrogen-bond donors (Lipinski definition) is 4. The molecular formula is C37H60N8O8. The molecule has 2 rings (SSSR count). The molecule has 1 saturated heterocycles. The average molecular weight is 745 g/mol. The van der Waals surface area contributed by atoms with Gasteiger partial charge in [-0.05, 0) is 42.8 Å². The second-order valence-corrected chi connectivity index (χ2v) is 14.2. The molecule has 0 aromatic heterocycles. The van der Waals surface area contributed by atoms with Crippen molar-refractivity contribution in [3.05, 3.63) is 46.3 Å². The molecule has 296 valence electrons. The van der Waals surface area contributed by atoms with Crippen LogP contribution in [0, 0.1) is 17.8 Å². The number of carbonyl (C=O) groups is 5. The highest BCUT2D eigenvalue weighted by Gasteiger charge is 2.43. The van der Waals surface area contributed by atoms with Crippen LogP contribution in [0.5, 0.6) is 0 Å². The number of likely N-dealkylation sites (tertiary alicyclic amines) is 1. The molecule has 53 heavy (non-hydrogen) atoms. The number of rotatable bonds is 22. The first-order valence-corrected chi connectivity index (χ1v) is 18.3. The number of nitrogens with one attached hydrogen (secondary N) is 3. The summed E-state index contributed by atoms with van der Waals surface area (Å²) in [5.74, 6) is -3.80. The van der Waals surface area contributed by atoms with Gasteiger partial charge < -0.3 is 40.3 Å². The van der Waals surface area contributed by atoms with Crippen molar-refractivity contribution in [3.8, 4) is 0 Å². The molecule has 0 radical (unpaired) electrons. The summed E-state index contributed by atoms with van der Waals surface area (Å²) >= 11 is 0. The van der Waals surface area contributed by atoms with Crippen molar-refractivity contribution in [2.24, 2.45) is 22.9 Å². The molecule has 0 bridgehead atoms. The summed E-state index contributed by atoms with van der Waals surface area (Å²) in [6, 6.07) is 5.09. The predicted molar refractivity (Wildman–Crippen MR) is 199 cm³/mol. The first-order valence-electron chi connectivity index (χ1n) is 18.3. The molecule has 16 heteroatoms. The largest absolute Gasteiger partial charge is 0.480 e. The zero-order chi connectivity index (χ0) is 39.8. The standard InChI is InChI=1S/C37H60N8O8/c1-10-23(4)32(44(7)36(49)27(21-40-43-38)42-35(48)31(39-6)22(2)3)29(52-8)20-30(46)45-18-14-17-28(45)33(53-9)24(5)34(47)41-26(37(50)51)19-25-15-12-11-13-16-25/h11-13,15-16,22-24,26-29,31-33,39H,10,14,17-21H2,1-9H3,(H,41,47)(H,42,48)(H,50,51)/t23-,24+,26-,27-,28-,29+,31-,32-,33+/m0/s1. The summed E-state index contributed by atoms with van der Waals surface area (Å²) in [6.45, 7) is 9.43. The summed E-state index contributed by atoms with van der Waals surface area (Å²) in [7, 11) is 6.18. The molecule has 1 aliphatic heterocycles. The molecule has 0 saturated carbocycles. The van der Waals surface area contributed by atoms with Crippen LogP contribution in [-0.4, -0.2) is 128 Å². The number of ether oxygens (including phenoxy) is 2. The number of azide groups is 1. The molecule has 4 N–H and O–H groups in total. The number of benzene rings is 1. The SMILES string of the molecule is CC[C@H](C)[C@@H]([C@@H](CC(=O)N1CCC[C@H]1[C@H](OC)[C@@H](C)C(=O)N[C@@H](Cc1ccccc1)C(=O)O)OC)N(C)C(=O)[C@H](CN=[N+]=[N-])NC(=O)[C@@H](NC)C(C)C. The molecule has 4 amide bonds. The van der Waals surface area contributed by atoms with E-state index in [0.717, 1.165) is 5.56 Å². The van der Waals surface area contributed by atoms with E-state index in [4.69, 9.17) is 15.0 Å². The summed E-state index contributed by atoms with van der Waals surface area (Å²) in [4.78, 5) is 72.7. The van der Waals surface area contributed by atoms with Crippen LogP contribution in [0.1, 0.15) is 65.9 Å². The van der Waals surface area contributed by atoms with Gasteiger partial charge in [0.25, 0.3) is 0 Å². The summed E-state index contributed by atoms with van der Waals surface area (Å²) in [6.07, 6.45) is 0.444. The van der Waals surface area contributed by atoms with Gasteiger partial charge in [-0.3, -0.25) is 19.2 Å². The average Bonchev–Trinajstić information content (AvgIpc) is 3.62. The van der Waals surface area contributed by atoms with Crippen molar-refractivity contribution in [2.75, 3.05) is 41.4 Å². The van der Waals surface area contributed by atoms with E-state index in [9.17, 15) is 29.1 Å². The molecule has 0 unspecified atom stereocenters. The molecule has 16 nitrogen and oxygen atoms in total. The van der Waals surface area contributed by atoms with E-state index in [2.05, 4.69) is 26.0 Å². The lowest BCUT2D eigenvalue weighted by atomic mass is 9.90. The van der Waals surface area contributed by atoms with E-state index in [-0.39, 0.29) is 37.1 Å². The van der Waals surface area contributed by atoms with Gasteiger partial charge in [-0.15, -0.1) is 0 Å². The van der Waals surface area contributed by atoms with E-state index >= 15 is 0 Å². The second-order valence-electron chi connectivity index (χ2n) is 14.2. The minimum atomic E-state index is -1.16. The van der Waals surface area contributed by atoms with Gasteiger partial charge in [-0.2, -0.15) is 0 Å². The molecule has 0 spiro atoms. The van der Waals surface area contributed by atoms with E-state index < -0.39 is 72.0 Å². The van der Waals surface area contributed by atoms with Gasteiger partial charge >= 0.3 is 5.97 Å². The monoisotopic (exact) mass is 744 g/mol. The van der Waals surface area contributed by atoms with Gasteiger partial charge in [0.1, 0.15) is 12.1 Å². The minimum Gasteiger partial charge on any atom is -0.480 e. The highest BCUT2D eigenvalue weighted by molar-refractivity contribution is 5.90. The number of nitrogens with zero attached hydrogens (tertiary/aromatic N) is 5. The van der Waals surface area contributed by atoms with E-state index in [1.807, 2.05) is 33.8 Å². The third-order valence-corrected chi connectivity index (χ3v) is 10.4. The first-order chi connectivity index (χ1) is 25.2. The smallest absolute Gasteiger partial charge is 0.326 e. The zero-order valence-electron chi connectivity index (χ0n) is 32.7. The topological polar surface area (TPSA) is 215 Å². The lowest BCUT2D eigenvalue weighted by molar-refractivity contribution is -0.147. The Balaban J connectivity index is 2.28. The molecule has 1 aliphatic rings. The number of aliphatic carboxylic acids is 1. The number of methoxy groups -OCH3 is 2. The molecule has 1 aromatic carbocycles. The number of carboxylic acid groups (broad SMARTS) is 1. The van der Waals surface area contributed by atoms with Gasteiger partial charge in [0.05, 0.1) is 49.2 Å². The van der Waals surface area contributed by atoms with Crippen molar-refractivity contribution in [1.29, 1.82) is 0 Å². The quantitative estimate of drug-likeness (QED) is 0.0779. The second kappa shape index (κ2) is 22.1. The van der Waals surface area contributed by atoms with Crippen molar-refractivity contribution >= 4 is 29.6 Å². The molecule has 0 aliphatic carbocycles. The van der Waals surface area contributed by atoms with E-state index in [1.54, 1.807) is 50.2 Å². The molecular weight excluding hydrogens is 684 g/mol. The van der Waals surface area contributed by atoms with E-state index in [1.165, 1.54) is 19.1 Å². The zero-order valence-corrected chi connectivity index (χ0v) is 32.7. The fraction of sp³-hybridized carbons (Fsp3) is 0.703. The van der Waals surface area contributed by atoms with Crippen molar-refractivity contribution in [2.45, 2.75) is 109 Å². The molecule has 1 fully saturated rings. The number of carboxylic acids is 1. The number of amides is 4. The minimum absolute atomic E-state index is 0.0736. The predicted octanol–water partition coefficient (Wildman–Crippen LogP) is 2.76. The van der Waals surface area contributed by atoms with Crippen LogP contribution in [0.3, 0.4) is 0 Å². The Hall–Kier alpha value is -4.24. The van der Waals surface area contributed by atoms with Crippen molar-refractivity contribution in [3.63, 3.8) is 0 Å². The van der Waals surface area contributed by atoms with Gasteiger partial charge in [0.15, 0.2) is 0 Å². The van der Waals surface area contributed by atoms with Gasteiger partial charge in [0, 0.05) is 39.1 Å². The van der Waals surface area contributed by atoms with E-state index in [0.29, 0.717) is 25.8 Å². The third kappa shape index (κ3) is 12.4. The molecule has 9 atom stereocenters. The Labute approximate surface area is 313 Å². The summed E-state index contributed by atoms with van der Waals surface area (Å²) < 4.78 is 11.7. The normalized spacial score (nSPS) is 18.8. The fourth-order valence-electron chi connectivity index (χ4n) is 7.24. The lowest BCUT2D eigenvalue weighted by Crippen LogP contribution is -2.59. The summed E-state index contributed by atoms with van der Waals surface area (Å²) in [5.41, 5.74) is 9.79. The Kier molecular flexibility index (Phi) is 18.7. The van der Waals surface area contributed by atoms with Crippen LogP contribution >= 0.6 is 0 Å². The van der Waals surface area contributed by atoms with Crippen LogP contribution < -0.4 is 16.0 Å². The highest BCUT2D eigenvalue weighted by atomic mass is 16.5. The maximum absolute atomic E-state index is 14.1. The van der Waals surface area contributed by atoms with Crippen LogP contribution in [0.2, 0.25) is 0 Å².